The van der Waals surface area contributed by atoms with E-state index in [9.17, 15) is 0 Å². The minimum atomic E-state index is 0.435. The predicted octanol–water partition coefficient (Wildman–Crippen LogP) is 3.40. The lowest BCUT2D eigenvalue weighted by Gasteiger charge is -2.23. The molecule has 0 spiro atoms. The molecule has 0 aliphatic heterocycles. The third-order valence-corrected chi connectivity index (χ3v) is 3.32. The largest absolute Gasteiger partial charge is 0.494 e. The molecular weight excluding hydrogens is 210 g/mol. The van der Waals surface area contributed by atoms with Gasteiger partial charge in [-0.15, -0.1) is 0 Å². The van der Waals surface area contributed by atoms with Gasteiger partial charge < -0.3 is 10.5 Å². The minimum Gasteiger partial charge on any atom is -0.494 e. The molecule has 2 heteroatoms. The quantitative estimate of drug-likeness (QED) is 0.849. The molecule has 0 bridgehead atoms. The highest BCUT2D eigenvalue weighted by Crippen LogP contribution is 2.31. The lowest BCUT2D eigenvalue weighted by molar-refractivity contribution is 0.337. The monoisotopic (exact) mass is 235 g/mol. The van der Waals surface area contributed by atoms with Crippen LogP contribution in [0.5, 0.6) is 5.75 Å². The number of hydrogen-bond donors (Lipinski definition) is 1. The van der Waals surface area contributed by atoms with E-state index in [1.165, 1.54) is 16.7 Å². The van der Waals surface area contributed by atoms with Crippen LogP contribution in [-0.4, -0.2) is 13.2 Å². The molecule has 0 aromatic heterocycles. The molecule has 0 aliphatic carbocycles. The summed E-state index contributed by atoms with van der Waals surface area (Å²) >= 11 is 0. The molecule has 2 nitrogen and oxygen atoms in total. The molecule has 1 aromatic carbocycles. The highest BCUT2D eigenvalue weighted by atomic mass is 16.5. The summed E-state index contributed by atoms with van der Waals surface area (Å²) in [7, 11) is 0. The molecule has 0 fully saturated rings. The molecule has 17 heavy (non-hydrogen) atoms. The fourth-order valence-electron chi connectivity index (χ4n) is 2.28. The van der Waals surface area contributed by atoms with Gasteiger partial charge in [0, 0.05) is 0 Å². The first-order chi connectivity index (χ1) is 8.01. The Morgan fingerprint density at radius 3 is 2.29 bits per heavy atom. The van der Waals surface area contributed by atoms with Crippen LogP contribution >= 0.6 is 0 Å². The Morgan fingerprint density at radius 1 is 1.18 bits per heavy atom. The van der Waals surface area contributed by atoms with Crippen molar-refractivity contribution in [1.82, 2.24) is 0 Å². The summed E-state index contributed by atoms with van der Waals surface area (Å²) in [4.78, 5) is 0. The van der Waals surface area contributed by atoms with E-state index in [1.807, 2.05) is 6.92 Å². The summed E-state index contributed by atoms with van der Waals surface area (Å²) in [5.74, 6) is 1.99. The summed E-state index contributed by atoms with van der Waals surface area (Å²) in [6.07, 6.45) is 0. The van der Waals surface area contributed by atoms with Crippen molar-refractivity contribution in [3.8, 4) is 5.75 Å². The zero-order chi connectivity index (χ0) is 13.0. The van der Waals surface area contributed by atoms with Gasteiger partial charge in [-0.1, -0.05) is 19.9 Å². The standard InChI is InChI=1S/C15H25NO/c1-6-17-15-8-11(4)13(7-12(15)5)14(9-16)10(2)3/h7-8,10,14H,6,9,16H2,1-5H3. The number of rotatable bonds is 5. The van der Waals surface area contributed by atoms with Crippen molar-refractivity contribution in [2.75, 3.05) is 13.2 Å². The molecule has 1 aromatic rings. The van der Waals surface area contributed by atoms with E-state index in [0.717, 1.165) is 5.75 Å². The molecule has 2 N–H and O–H groups in total. The Balaban J connectivity index is 3.13. The van der Waals surface area contributed by atoms with Crippen LogP contribution in [0.4, 0.5) is 0 Å². The SMILES string of the molecule is CCOc1cc(C)c(C(CN)C(C)C)cc1C. The van der Waals surface area contributed by atoms with Crippen molar-refractivity contribution >= 4 is 0 Å². The van der Waals surface area contributed by atoms with Gasteiger partial charge >= 0.3 is 0 Å². The van der Waals surface area contributed by atoms with Gasteiger partial charge in [0.05, 0.1) is 6.61 Å². The topological polar surface area (TPSA) is 35.2 Å². The molecule has 1 unspecified atom stereocenters. The lowest BCUT2D eigenvalue weighted by Crippen LogP contribution is -2.19. The predicted molar refractivity (Wildman–Crippen MR) is 73.7 cm³/mol. The Kier molecular flexibility index (Phi) is 5.01. The average molecular weight is 235 g/mol. The Bertz CT molecular complexity index is 371. The second-order valence-corrected chi connectivity index (χ2v) is 4.99. The van der Waals surface area contributed by atoms with Crippen molar-refractivity contribution in [3.63, 3.8) is 0 Å². The zero-order valence-corrected chi connectivity index (χ0v) is 11.7. The number of hydrogen-bond acceptors (Lipinski definition) is 2. The Hall–Kier alpha value is -1.02. The van der Waals surface area contributed by atoms with Crippen LogP contribution in [0.1, 0.15) is 43.4 Å². The molecule has 0 radical (unpaired) electrons. The van der Waals surface area contributed by atoms with E-state index in [0.29, 0.717) is 25.0 Å². The number of benzene rings is 1. The van der Waals surface area contributed by atoms with Crippen LogP contribution in [0, 0.1) is 19.8 Å². The Labute approximate surface area is 105 Å². The van der Waals surface area contributed by atoms with Gasteiger partial charge in [-0.25, -0.2) is 0 Å². The van der Waals surface area contributed by atoms with Gasteiger partial charge in [0.2, 0.25) is 0 Å². The van der Waals surface area contributed by atoms with Crippen LogP contribution in [0.25, 0.3) is 0 Å². The summed E-state index contributed by atoms with van der Waals surface area (Å²) in [6, 6.07) is 4.37. The number of aryl methyl sites for hydroxylation is 2. The second-order valence-electron chi connectivity index (χ2n) is 4.99. The lowest BCUT2D eigenvalue weighted by atomic mass is 9.85. The summed E-state index contributed by atoms with van der Waals surface area (Å²) in [6.45, 7) is 12.1. The normalized spacial score (nSPS) is 12.9. The molecule has 0 heterocycles. The third kappa shape index (κ3) is 3.22. The first-order valence-corrected chi connectivity index (χ1v) is 6.45. The van der Waals surface area contributed by atoms with E-state index in [2.05, 4.69) is 39.8 Å². The highest BCUT2D eigenvalue weighted by molar-refractivity contribution is 5.43. The molecule has 96 valence electrons. The van der Waals surface area contributed by atoms with Gasteiger partial charge in [0.15, 0.2) is 0 Å². The van der Waals surface area contributed by atoms with E-state index in [1.54, 1.807) is 0 Å². The second kappa shape index (κ2) is 6.06. The molecule has 0 saturated carbocycles. The van der Waals surface area contributed by atoms with Crippen molar-refractivity contribution in [2.24, 2.45) is 11.7 Å². The van der Waals surface area contributed by atoms with Gasteiger partial charge in [0.25, 0.3) is 0 Å². The molecule has 0 aliphatic rings. The maximum atomic E-state index is 5.89. The fraction of sp³-hybridized carbons (Fsp3) is 0.600. The van der Waals surface area contributed by atoms with Crippen LogP contribution in [0.15, 0.2) is 12.1 Å². The van der Waals surface area contributed by atoms with Crippen LogP contribution in [0.3, 0.4) is 0 Å². The fourth-order valence-corrected chi connectivity index (χ4v) is 2.28. The summed E-state index contributed by atoms with van der Waals surface area (Å²) in [5, 5.41) is 0. The maximum absolute atomic E-state index is 5.89. The van der Waals surface area contributed by atoms with Crippen molar-refractivity contribution < 1.29 is 4.74 Å². The first-order valence-electron chi connectivity index (χ1n) is 6.45. The van der Waals surface area contributed by atoms with Crippen molar-refractivity contribution in [2.45, 2.75) is 40.5 Å². The van der Waals surface area contributed by atoms with Crippen molar-refractivity contribution in [3.05, 3.63) is 28.8 Å². The highest BCUT2D eigenvalue weighted by Gasteiger charge is 2.17. The first kappa shape index (κ1) is 14.0. The van der Waals surface area contributed by atoms with E-state index < -0.39 is 0 Å². The average Bonchev–Trinajstić information content (AvgIpc) is 2.25. The smallest absolute Gasteiger partial charge is 0.122 e. The third-order valence-electron chi connectivity index (χ3n) is 3.32. The zero-order valence-electron chi connectivity index (χ0n) is 11.7. The molecular formula is C15H25NO. The molecule has 1 rings (SSSR count). The van der Waals surface area contributed by atoms with Crippen molar-refractivity contribution in [1.29, 1.82) is 0 Å². The van der Waals surface area contributed by atoms with Gasteiger partial charge in [-0.3, -0.25) is 0 Å². The van der Waals surface area contributed by atoms with Crippen LogP contribution in [0.2, 0.25) is 0 Å². The van der Waals surface area contributed by atoms with E-state index >= 15 is 0 Å². The van der Waals surface area contributed by atoms with Gasteiger partial charge in [-0.2, -0.15) is 0 Å². The number of ether oxygens (including phenoxy) is 1. The van der Waals surface area contributed by atoms with Crippen LogP contribution in [-0.2, 0) is 0 Å². The Morgan fingerprint density at radius 2 is 1.82 bits per heavy atom. The van der Waals surface area contributed by atoms with Gasteiger partial charge in [-0.05, 0) is 61.9 Å². The molecule has 0 saturated heterocycles. The number of nitrogens with two attached hydrogens (primary N) is 1. The summed E-state index contributed by atoms with van der Waals surface area (Å²) in [5.41, 5.74) is 9.74. The maximum Gasteiger partial charge on any atom is 0.122 e. The van der Waals surface area contributed by atoms with E-state index in [-0.39, 0.29) is 0 Å². The van der Waals surface area contributed by atoms with E-state index in [4.69, 9.17) is 10.5 Å². The molecule has 0 amide bonds. The van der Waals surface area contributed by atoms with Crippen LogP contribution < -0.4 is 10.5 Å². The van der Waals surface area contributed by atoms with Gasteiger partial charge in [0.1, 0.15) is 5.75 Å². The minimum absolute atomic E-state index is 0.435. The summed E-state index contributed by atoms with van der Waals surface area (Å²) < 4.78 is 5.62. The molecule has 1 atom stereocenters.